The molecular formula is C12H24N2O2. The Morgan fingerprint density at radius 3 is 2.38 bits per heavy atom. The van der Waals surface area contributed by atoms with E-state index in [0.717, 1.165) is 52.0 Å². The molecule has 0 saturated carbocycles. The number of carbonyl (C=O) groups is 1. The molecule has 16 heavy (non-hydrogen) atoms. The zero-order valence-electron chi connectivity index (χ0n) is 10.3. The second-order valence-electron chi connectivity index (χ2n) is 4.48. The molecule has 1 N–H and O–H groups in total. The number of aliphatic hydroxyl groups excluding tert-OH is 1. The third-order valence-corrected chi connectivity index (χ3v) is 3.09. The molecule has 0 atom stereocenters. The van der Waals surface area contributed by atoms with Crippen LogP contribution >= 0.6 is 0 Å². The number of hydrogen-bond acceptors (Lipinski definition) is 4. The molecule has 0 aromatic rings. The highest BCUT2D eigenvalue weighted by Crippen LogP contribution is 2.03. The van der Waals surface area contributed by atoms with Crippen LogP contribution in [0.1, 0.15) is 26.2 Å². The van der Waals surface area contributed by atoms with Gasteiger partial charge in [0.15, 0.2) is 0 Å². The van der Waals surface area contributed by atoms with Gasteiger partial charge in [0.25, 0.3) is 0 Å². The van der Waals surface area contributed by atoms with E-state index < -0.39 is 0 Å². The van der Waals surface area contributed by atoms with Gasteiger partial charge in [-0.15, -0.1) is 0 Å². The summed E-state index contributed by atoms with van der Waals surface area (Å²) in [7, 11) is 0. The van der Waals surface area contributed by atoms with Crippen molar-refractivity contribution in [1.29, 1.82) is 0 Å². The Bertz CT molecular complexity index is 201. The van der Waals surface area contributed by atoms with Crippen molar-refractivity contribution in [3.63, 3.8) is 0 Å². The Morgan fingerprint density at radius 2 is 1.81 bits per heavy atom. The highest BCUT2D eigenvalue weighted by Gasteiger charge is 2.17. The molecule has 0 radical (unpaired) electrons. The summed E-state index contributed by atoms with van der Waals surface area (Å²) in [6, 6.07) is 0. The maximum absolute atomic E-state index is 11.6. The minimum atomic E-state index is 0.232. The van der Waals surface area contributed by atoms with Crippen molar-refractivity contribution < 1.29 is 9.90 Å². The zero-order chi connectivity index (χ0) is 11.8. The van der Waals surface area contributed by atoms with Crippen LogP contribution in [-0.2, 0) is 4.79 Å². The minimum Gasteiger partial charge on any atom is -0.395 e. The standard InChI is InChI=1S/C12H24N2O2/c1-2-3-4-12(16)11-14-7-5-13(6-8-14)9-10-15/h15H,2-11H2,1H3. The van der Waals surface area contributed by atoms with Gasteiger partial charge in [-0.05, 0) is 6.42 Å². The van der Waals surface area contributed by atoms with Gasteiger partial charge in [0.1, 0.15) is 5.78 Å². The smallest absolute Gasteiger partial charge is 0.146 e. The molecule has 0 aromatic carbocycles. The molecule has 0 spiro atoms. The first kappa shape index (κ1) is 13.6. The summed E-state index contributed by atoms with van der Waals surface area (Å²) in [5, 5.41) is 8.82. The van der Waals surface area contributed by atoms with Gasteiger partial charge in [-0.1, -0.05) is 13.3 Å². The van der Waals surface area contributed by atoms with E-state index >= 15 is 0 Å². The van der Waals surface area contributed by atoms with Crippen LogP contribution in [0.4, 0.5) is 0 Å². The number of rotatable bonds is 7. The topological polar surface area (TPSA) is 43.8 Å². The molecule has 94 valence electrons. The summed E-state index contributed by atoms with van der Waals surface area (Å²) >= 11 is 0. The Labute approximate surface area is 98.2 Å². The quantitative estimate of drug-likeness (QED) is 0.683. The Kier molecular flexibility index (Phi) is 6.61. The molecule has 1 heterocycles. The molecule has 1 fully saturated rings. The van der Waals surface area contributed by atoms with Crippen LogP contribution in [0.3, 0.4) is 0 Å². The molecule has 1 rings (SSSR count). The summed E-state index contributed by atoms with van der Waals surface area (Å²) in [5.41, 5.74) is 0. The molecule has 1 saturated heterocycles. The number of hydrogen-bond donors (Lipinski definition) is 1. The number of piperazine rings is 1. The zero-order valence-corrected chi connectivity index (χ0v) is 10.3. The molecule has 1 aliphatic heterocycles. The van der Waals surface area contributed by atoms with Crippen molar-refractivity contribution in [2.24, 2.45) is 0 Å². The lowest BCUT2D eigenvalue weighted by Gasteiger charge is -2.33. The molecule has 0 unspecified atom stereocenters. The van der Waals surface area contributed by atoms with E-state index in [1.807, 2.05) is 0 Å². The van der Waals surface area contributed by atoms with Crippen molar-refractivity contribution >= 4 is 5.78 Å². The number of Topliss-reactive ketones (excluding diaryl/α,β-unsaturated/α-hetero) is 1. The van der Waals surface area contributed by atoms with Crippen LogP contribution in [0.15, 0.2) is 0 Å². The molecule has 1 aliphatic rings. The van der Waals surface area contributed by atoms with Crippen molar-refractivity contribution in [1.82, 2.24) is 9.80 Å². The summed E-state index contributed by atoms with van der Waals surface area (Å²) in [6.07, 6.45) is 2.84. The molecule has 4 heteroatoms. The van der Waals surface area contributed by atoms with Crippen molar-refractivity contribution in [3.05, 3.63) is 0 Å². The minimum absolute atomic E-state index is 0.232. The van der Waals surface area contributed by atoms with E-state index in [9.17, 15) is 4.79 Å². The van der Waals surface area contributed by atoms with Crippen LogP contribution in [-0.4, -0.2) is 66.6 Å². The highest BCUT2D eigenvalue weighted by atomic mass is 16.3. The third-order valence-electron chi connectivity index (χ3n) is 3.09. The number of carbonyl (C=O) groups excluding carboxylic acids is 1. The number of aliphatic hydroxyl groups is 1. The van der Waals surface area contributed by atoms with Gasteiger partial charge < -0.3 is 5.11 Å². The second-order valence-corrected chi connectivity index (χ2v) is 4.48. The third kappa shape index (κ3) is 5.05. The fourth-order valence-corrected chi connectivity index (χ4v) is 2.01. The molecule has 4 nitrogen and oxygen atoms in total. The summed E-state index contributed by atoms with van der Waals surface area (Å²) in [4.78, 5) is 16.1. The van der Waals surface area contributed by atoms with E-state index in [4.69, 9.17) is 5.11 Å². The number of unbranched alkanes of at least 4 members (excludes halogenated alkanes) is 1. The number of β-amino-alcohol motifs (C(OH)–C–C–N with tert-alkyl or cyclic N) is 1. The van der Waals surface area contributed by atoms with Gasteiger partial charge in [-0.2, -0.15) is 0 Å². The molecular weight excluding hydrogens is 204 g/mol. The van der Waals surface area contributed by atoms with E-state index in [-0.39, 0.29) is 6.61 Å². The fourth-order valence-electron chi connectivity index (χ4n) is 2.01. The lowest BCUT2D eigenvalue weighted by molar-refractivity contribution is -0.120. The lowest BCUT2D eigenvalue weighted by Crippen LogP contribution is -2.48. The monoisotopic (exact) mass is 228 g/mol. The molecule has 0 amide bonds. The average molecular weight is 228 g/mol. The van der Waals surface area contributed by atoms with Gasteiger partial charge in [0.2, 0.25) is 0 Å². The predicted octanol–water partition coefficient (Wildman–Crippen LogP) is 0.356. The maximum atomic E-state index is 11.6. The highest BCUT2D eigenvalue weighted by molar-refractivity contribution is 5.80. The van der Waals surface area contributed by atoms with Gasteiger partial charge in [-0.25, -0.2) is 0 Å². The van der Waals surface area contributed by atoms with E-state index in [2.05, 4.69) is 16.7 Å². The summed E-state index contributed by atoms with van der Waals surface area (Å²) in [6.45, 7) is 7.58. The maximum Gasteiger partial charge on any atom is 0.146 e. The van der Waals surface area contributed by atoms with E-state index in [1.165, 1.54) is 0 Å². The largest absolute Gasteiger partial charge is 0.395 e. The van der Waals surface area contributed by atoms with E-state index in [0.29, 0.717) is 12.3 Å². The first-order chi connectivity index (χ1) is 7.76. The van der Waals surface area contributed by atoms with Crippen molar-refractivity contribution in [3.8, 4) is 0 Å². The van der Waals surface area contributed by atoms with Gasteiger partial charge in [0, 0.05) is 39.1 Å². The van der Waals surface area contributed by atoms with Gasteiger partial charge in [0.05, 0.1) is 13.2 Å². The number of ketones is 1. The van der Waals surface area contributed by atoms with E-state index in [1.54, 1.807) is 0 Å². The van der Waals surface area contributed by atoms with Crippen LogP contribution < -0.4 is 0 Å². The van der Waals surface area contributed by atoms with Gasteiger partial charge >= 0.3 is 0 Å². The Morgan fingerprint density at radius 1 is 1.19 bits per heavy atom. The molecule has 0 aromatic heterocycles. The van der Waals surface area contributed by atoms with Crippen molar-refractivity contribution in [2.45, 2.75) is 26.2 Å². The molecule has 0 aliphatic carbocycles. The van der Waals surface area contributed by atoms with Crippen LogP contribution in [0.5, 0.6) is 0 Å². The Balaban J connectivity index is 2.14. The summed E-state index contributed by atoms with van der Waals surface area (Å²) < 4.78 is 0. The SMILES string of the molecule is CCCCC(=O)CN1CCN(CCO)CC1. The summed E-state index contributed by atoms with van der Waals surface area (Å²) in [5.74, 6) is 0.373. The normalized spacial score (nSPS) is 18.9. The number of nitrogens with zero attached hydrogens (tertiary/aromatic N) is 2. The van der Waals surface area contributed by atoms with Gasteiger partial charge in [-0.3, -0.25) is 14.6 Å². The lowest BCUT2D eigenvalue weighted by atomic mass is 10.1. The fraction of sp³-hybridized carbons (Fsp3) is 0.917. The van der Waals surface area contributed by atoms with Crippen LogP contribution in [0, 0.1) is 0 Å². The first-order valence-electron chi connectivity index (χ1n) is 6.33. The van der Waals surface area contributed by atoms with Crippen LogP contribution in [0.25, 0.3) is 0 Å². The van der Waals surface area contributed by atoms with Crippen LogP contribution in [0.2, 0.25) is 0 Å². The van der Waals surface area contributed by atoms with Crippen molar-refractivity contribution in [2.75, 3.05) is 45.9 Å². The second kappa shape index (κ2) is 7.76. The average Bonchev–Trinajstić information content (AvgIpc) is 2.29. The molecule has 0 bridgehead atoms. The Hall–Kier alpha value is -0.450. The predicted molar refractivity (Wildman–Crippen MR) is 64.5 cm³/mol. The first-order valence-corrected chi connectivity index (χ1v) is 6.33.